The Morgan fingerprint density at radius 1 is 0.923 bits per heavy atom. The van der Waals surface area contributed by atoms with Crippen LogP contribution < -0.4 is 5.32 Å². The van der Waals surface area contributed by atoms with Crippen LogP contribution in [-0.4, -0.2) is 40.9 Å². The first-order valence-electron chi connectivity index (χ1n) is 8.47. The highest BCUT2D eigenvalue weighted by molar-refractivity contribution is 6.04. The number of carbonyl (C=O) groups is 3. The molecule has 0 fully saturated rings. The molecule has 0 spiro atoms. The van der Waals surface area contributed by atoms with E-state index >= 15 is 0 Å². The van der Waals surface area contributed by atoms with Crippen LogP contribution in [0.3, 0.4) is 0 Å². The second kappa shape index (κ2) is 8.80. The topological polar surface area (TPSA) is 86.7 Å². The van der Waals surface area contributed by atoms with E-state index in [0.717, 1.165) is 0 Å². The number of carbonyl (C=O) groups excluding carboxylic acids is 2. The van der Waals surface area contributed by atoms with Crippen molar-refractivity contribution in [3.63, 3.8) is 0 Å². The quantitative estimate of drug-likeness (QED) is 0.800. The molecule has 0 atom stereocenters. The summed E-state index contributed by atoms with van der Waals surface area (Å²) < 4.78 is 0. The number of hydrogen-bond donors (Lipinski definition) is 2. The highest BCUT2D eigenvalue weighted by Gasteiger charge is 2.18. The fourth-order valence-electron chi connectivity index (χ4n) is 2.71. The average Bonchev–Trinajstić information content (AvgIpc) is 2.63. The maximum absolute atomic E-state index is 12.6. The third kappa shape index (κ3) is 4.47. The van der Waals surface area contributed by atoms with Crippen LogP contribution in [0.5, 0.6) is 0 Å². The summed E-state index contributed by atoms with van der Waals surface area (Å²) in [6.07, 6.45) is -0.0870. The number of benzene rings is 2. The van der Waals surface area contributed by atoms with E-state index in [0.29, 0.717) is 29.9 Å². The minimum atomic E-state index is -1.08. The van der Waals surface area contributed by atoms with E-state index in [1.54, 1.807) is 47.4 Å². The SMILES string of the molecule is CCN(CC)C(=O)c1ccccc1NC(=O)Cc1ccccc1C(=O)O. The molecule has 0 aliphatic rings. The van der Waals surface area contributed by atoms with Crippen LogP contribution in [0.25, 0.3) is 0 Å². The van der Waals surface area contributed by atoms with Gasteiger partial charge in [0.05, 0.1) is 23.2 Å². The molecule has 2 aromatic rings. The monoisotopic (exact) mass is 354 g/mol. The van der Waals surface area contributed by atoms with Gasteiger partial charge in [-0.25, -0.2) is 4.79 Å². The van der Waals surface area contributed by atoms with Crippen LogP contribution >= 0.6 is 0 Å². The zero-order chi connectivity index (χ0) is 19.1. The second-order valence-corrected chi connectivity index (χ2v) is 5.71. The predicted molar refractivity (Wildman–Crippen MR) is 99.4 cm³/mol. The summed E-state index contributed by atoms with van der Waals surface area (Å²) in [6, 6.07) is 13.2. The van der Waals surface area contributed by atoms with Gasteiger partial charge in [-0.05, 0) is 37.6 Å². The fourth-order valence-corrected chi connectivity index (χ4v) is 2.71. The summed E-state index contributed by atoms with van der Waals surface area (Å²) >= 11 is 0. The van der Waals surface area contributed by atoms with Gasteiger partial charge >= 0.3 is 5.97 Å². The highest BCUT2D eigenvalue weighted by atomic mass is 16.4. The summed E-state index contributed by atoms with van der Waals surface area (Å²) in [7, 11) is 0. The number of para-hydroxylation sites is 1. The molecule has 2 rings (SSSR count). The second-order valence-electron chi connectivity index (χ2n) is 5.71. The van der Waals surface area contributed by atoms with Gasteiger partial charge in [0.1, 0.15) is 0 Å². The van der Waals surface area contributed by atoms with Crippen molar-refractivity contribution in [3.8, 4) is 0 Å². The number of carboxylic acid groups (broad SMARTS) is 1. The van der Waals surface area contributed by atoms with Gasteiger partial charge in [0, 0.05) is 13.1 Å². The normalized spacial score (nSPS) is 10.2. The zero-order valence-electron chi connectivity index (χ0n) is 14.9. The first kappa shape index (κ1) is 19.2. The molecule has 0 saturated carbocycles. The van der Waals surface area contributed by atoms with Gasteiger partial charge in [-0.15, -0.1) is 0 Å². The smallest absolute Gasteiger partial charge is 0.335 e. The van der Waals surface area contributed by atoms with Gasteiger partial charge in [-0.2, -0.15) is 0 Å². The molecule has 136 valence electrons. The molecular weight excluding hydrogens is 332 g/mol. The maximum atomic E-state index is 12.6. The molecule has 2 N–H and O–H groups in total. The fraction of sp³-hybridized carbons (Fsp3) is 0.250. The Balaban J connectivity index is 2.21. The molecule has 0 aliphatic carbocycles. The number of nitrogens with one attached hydrogen (secondary N) is 1. The lowest BCUT2D eigenvalue weighted by Gasteiger charge is -2.20. The molecule has 2 aromatic carbocycles. The van der Waals surface area contributed by atoms with Gasteiger partial charge in [0.25, 0.3) is 5.91 Å². The van der Waals surface area contributed by atoms with E-state index in [1.807, 2.05) is 13.8 Å². The van der Waals surface area contributed by atoms with E-state index in [1.165, 1.54) is 6.07 Å². The average molecular weight is 354 g/mol. The molecule has 0 radical (unpaired) electrons. The van der Waals surface area contributed by atoms with E-state index in [9.17, 15) is 19.5 Å². The summed E-state index contributed by atoms with van der Waals surface area (Å²) in [5.74, 6) is -1.61. The Morgan fingerprint density at radius 3 is 2.12 bits per heavy atom. The lowest BCUT2D eigenvalue weighted by atomic mass is 10.0. The number of hydrogen-bond acceptors (Lipinski definition) is 3. The minimum Gasteiger partial charge on any atom is -0.478 e. The van der Waals surface area contributed by atoms with Crippen LogP contribution in [0.15, 0.2) is 48.5 Å². The standard InChI is InChI=1S/C20H22N2O4/c1-3-22(4-2)19(24)16-11-7-8-12-17(16)21-18(23)13-14-9-5-6-10-15(14)20(25)26/h5-12H,3-4,13H2,1-2H3,(H,21,23)(H,25,26). The van der Waals surface area contributed by atoms with E-state index < -0.39 is 5.97 Å². The van der Waals surface area contributed by atoms with Gasteiger partial charge < -0.3 is 15.3 Å². The Labute approximate surface area is 152 Å². The van der Waals surface area contributed by atoms with Gasteiger partial charge in [-0.1, -0.05) is 30.3 Å². The lowest BCUT2D eigenvalue weighted by Crippen LogP contribution is -2.31. The number of aromatic carboxylic acids is 1. The van der Waals surface area contributed by atoms with Crippen molar-refractivity contribution in [1.82, 2.24) is 4.90 Å². The molecule has 6 nitrogen and oxygen atoms in total. The van der Waals surface area contributed by atoms with Crippen LogP contribution in [0.1, 0.15) is 40.1 Å². The van der Waals surface area contributed by atoms with E-state index in [2.05, 4.69) is 5.32 Å². The Hall–Kier alpha value is -3.15. The first-order valence-corrected chi connectivity index (χ1v) is 8.47. The van der Waals surface area contributed by atoms with Crippen LogP contribution in [0, 0.1) is 0 Å². The molecule has 0 aromatic heterocycles. The van der Waals surface area contributed by atoms with Crippen LogP contribution in [-0.2, 0) is 11.2 Å². The highest BCUT2D eigenvalue weighted by Crippen LogP contribution is 2.18. The molecule has 26 heavy (non-hydrogen) atoms. The number of carboxylic acids is 1. The number of amides is 2. The summed E-state index contributed by atoms with van der Waals surface area (Å²) in [4.78, 5) is 38.0. The number of anilines is 1. The van der Waals surface area contributed by atoms with Crippen molar-refractivity contribution in [2.24, 2.45) is 0 Å². The van der Waals surface area contributed by atoms with Gasteiger partial charge in [-0.3, -0.25) is 9.59 Å². The molecule has 2 amide bonds. The van der Waals surface area contributed by atoms with Crippen LogP contribution in [0.4, 0.5) is 5.69 Å². The Bertz CT molecular complexity index is 813. The molecule has 0 aliphatic heterocycles. The summed E-state index contributed by atoms with van der Waals surface area (Å²) in [5, 5.41) is 11.9. The molecule has 0 saturated heterocycles. The first-order chi connectivity index (χ1) is 12.5. The molecule has 6 heteroatoms. The van der Waals surface area contributed by atoms with Gasteiger partial charge in [0.2, 0.25) is 5.91 Å². The molecule has 0 bridgehead atoms. The number of nitrogens with zero attached hydrogens (tertiary/aromatic N) is 1. The minimum absolute atomic E-state index is 0.0870. The van der Waals surface area contributed by atoms with Crippen molar-refractivity contribution in [2.45, 2.75) is 20.3 Å². The predicted octanol–water partition coefficient (Wildman–Crippen LogP) is 3.05. The van der Waals surface area contributed by atoms with Crippen molar-refractivity contribution in [1.29, 1.82) is 0 Å². The largest absolute Gasteiger partial charge is 0.478 e. The zero-order valence-corrected chi connectivity index (χ0v) is 14.9. The van der Waals surface area contributed by atoms with E-state index in [-0.39, 0.29) is 23.8 Å². The third-order valence-corrected chi connectivity index (χ3v) is 4.08. The molecule has 0 heterocycles. The number of rotatable bonds is 7. The Kier molecular flexibility index (Phi) is 6.49. The third-order valence-electron chi connectivity index (χ3n) is 4.08. The maximum Gasteiger partial charge on any atom is 0.335 e. The van der Waals surface area contributed by atoms with Gasteiger partial charge in [0.15, 0.2) is 0 Å². The van der Waals surface area contributed by atoms with Crippen molar-refractivity contribution in [3.05, 3.63) is 65.2 Å². The molecular formula is C20H22N2O4. The van der Waals surface area contributed by atoms with Crippen LogP contribution in [0.2, 0.25) is 0 Å². The van der Waals surface area contributed by atoms with Crippen molar-refractivity contribution >= 4 is 23.5 Å². The van der Waals surface area contributed by atoms with Crippen molar-refractivity contribution < 1.29 is 19.5 Å². The van der Waals surface area contributed by atoms with Crippen molar-refractivity contribution in [2.75, 3.05) is 18.4 Å². The van der Waals surface area contributed by atoms with E-state index in [4.69, 9.17) is 0 Å². The molecule has 0 unspecified atom stereocenters. The Morgan fingerprint density at radius 2 is 1.50 bits per heavy atom. The summed E-state index contributed by atoms with van der Waals surface area (Å²) in [5.41, 5.74) is 1.35. The lowest BCUT2D eigenvalue weighted by molar-refractivity contribution is -0.115. The summed E-state index contributed by atoms with van der Waals surface area (Å²) in [6.45, 7) is 4.93.